The van der Waals surface area contributed by atoms with E-state index in [1.165, 1.54) is 0 Å². The van der Waals surface area contributed by atoms with Gasteiger partial charge >= 0.3 is 0 Å². The highest BCUT2D eigenvalue weighted by Crippen LogP contribution is 2.10. The Balaban J connectivity index is 1.24. The zero-order chi connectivity index (χ0) is 23.2. The normalized spacial score (nSPS) is 10.8. The molecule has 33 heavy (non-hydrogen) atoms. The molecule has 0 heterocycles. The lowest BCUT2D eigenvalue weighted by Crippen LogP contribution is -2.15. The average Bonchev–Trinajstić information content (AvgIpc) is 2.86. The molecule has 182 valence electrons. The van der Waals surface area contributed by atoms with Crippen molar-refractivity contribution in [2.45, 2.75) is 0 Å². The molecule has 0 fully saturated rings. The number of aldehydes is 1. The zero-order valence-corrected chi connectivity index (χ0v) is 19.0. The minimum Gasteiger partial charge on any atom is -0.491 e. The Labute approximate surface area is 195 Å². The minimum atomic E-state index is 0.441. The first-order valence-corrected chi connectivity index (χ1v) is 11.1. The maximum absolute atomic E-state index is 10.6. The summed E-state index contributed by atoms with van der Waals surface area (Å²) in [5, 5.41) is 0. The summed E-state index contributed by atoms with van der Waals surface area (Å²) in [7, 11) is 0. The number of carbonyl (C=O) groups is 1. The highest BCUT2D eigenvalue weighted by atomic mass is 16.6. The van der Waals surface area contributed by atoms with Gasteiger partial charge in [-0.15, -0.1) is 0 Å². The maximum Gasteiger partial charge on any atom is 0.150 e. The van der Waals surface area contributed by atoms with Crippen molar-refractivity contribution in [3.8, 4) is 11.5 Å². The number of carbonyl (C=O) groups excluding carboxylic acids is 1. The highest BCUT2D eigenvalue weighted by Gasteiger charge is 1.97. The number of ether oxygens (including phenoxy) is 7. The van der Waals surface area contributed by atoms with Gasteiger partial charge in [0, 0.05) is 5.56 Å². The molecule has 0 amide bonds. The molecule has 0 aliphatic heterocycles. The molecular formula is C25H34O8. The van der Waals surface area contributed by atoms with Crippen LogP contribution in [-0.4, -0.2) is 85.6 Å². The van der Waals surface area contributed by atoms with Crippen molar-refractivity contribution >= 4 is 6.29 Å². The molecule has 0 spiro atoms. The Bertz CT molecular complexity index is 708. The van der Waals surface area contributed by atoms with Crippen molar-refractivity contribution in [1.29, 1.82) is 0 Å². The fourth-order valence-electron chi connectivity index (χ4n) is 2.58. The lowest BCUT2D eigenvalue weighted by Gasteiger charge is -2.09. The van der Waals surface area contributed by atoms with Crippen LogP contribution in [0.1, 0.15) is 10.4 Å². The Morgan fingerprint density at radius 2 is 0.818 bits per heavy atom. The molecule has 0 atom stereocenters. The Morgan fingerprint density at radius 1 is 0.455 bits per heavy atom. The topological polar surface area (TPSA) is 81.7 Å². The van der Waals surface area contributed by atoms with Crippen LogP contribution >= 0.6 is 0 Å². The van der Waals surface area contributed by atoms with Gasteiger partial charge in [-0.25, -0.2) is 0 Å². The van der Waals surface area contributed by atoms with Crippen molar-refractivity contribution in [2.75, 3.05) is 79.3 Å². The summed E-state index contributed by atoms with van der Waals surface area (Å²) >= 11 is 0. The Kier molecular flexibility index (Phi) is 15.4. The Morgan fingerprint density at radius 3 is 1.21 bits per heavy atom. The first-order chi connectivity index (χ1) is 16.4. The molecule has 0 aliphatic rings. The van der Waals surface area contributed by atoms with E-state index in [0.29, 0.717) is 90.6 Å². The number of hydrogen-bond acceptors (Lipinski definition) is 8. The molecular weight excluding hydrogens is 428 g/mol. The van der Waals surface area contributed by atoms with Gasteiger partial charge in [-0.05, 0) is 36.4 Å². The van der Waals surface area contributed by atoms with Gasteiger partial charge in [0.15, 0.2) is 0 Å². The summed E-state index contributed by atoms with van der Waals surface area (Å²) in [4.78, 5) is 10.6. The van der Waals surface area contributed by atoms with E-state index in [4.69, 9.17) is 33.2 Å². The predicted octanol–water partition coefficient (Wildman–Crippen LogP) is 3.04. The van der Waals surface area contributed by atoms with Crippen LogP contribution in [-0.2, 0) is 23.7 Å². The van der Waals surface area contributed by atoms with Gasteiger partial charge in [0.2, 0.25) is 0 Å². The van der Waals surface area contributed by atoms with Crippen LogP contribution in [0, 0.1) is 0 Å². The molecule has 0 radical (unpaired) electrons. The van der Waals surface area contributed by atoms with Crippen molar-refractivity contribution in [3.63, 3.8) is 0 Å². The van der Waals surface area contributed by atoms with E-state index >= 15 is 0 Å². The molecule has 2 aromatic rings. The van der Waals surface area contributed by atoms with Gasteiger partial charge in [-0.2, -0.15) is 0 Å². The number of benzene rings is 2. The number of hydrogen-bond donors (Lipinski definition) is 0. The average molecular weight is 463 g/mol. The second-order valence-electron chi connectivity index (χ2n) is 6.76. The fraction of sp³-hybridized carbons (Fsp3) is 0.480. The fourth-order valence-corrected chi connectivity index (χ4v) is 2.58. The van der Waals surface area contributed by atoms with Gasteiger partial charge in [0.1, 0.15) is 31.0 Å². The third-order valence-electron chi connectivity index (χ3n) is 4.24. The second kappa shape index (κ2) is 19.0. The lowest BCUT2D eigenvalue weighted by molar-refractivity contribution is -0.0141. The molecule has 0 aromatic heterocycles. The zero-order valence-electron chi connectivity index (χ0n) is 19.0. The first kappa shape index (κ1) is 26.8. The van der Waals surface area contributed by atoms with Gasteiger partial charge in [0.25, 0.3) is 0 Å². The van der Waals surface area contributed by atoms with E-state index < -0.39 is 0 Å². The van der Waals surface area contributed by atoms with E-state index in [-0.39, 0.29) is 0 Å². The molecule has 0 bridgehead atoms. The van der Waals surface area contributed by atoms with Crippen LogP contribution in [0.4, 0.5) is 0 Å². The largest absolute Gasteiger partial charge is 0.491 e. The third-order valence-corrected chi connectivity index (χ3v) is 4.24. The molecule has 8 heteroatoms. The summed E-state index contributed by atoms with van der Waals surface area (Å²) in [5.41, 5.74) is 0.624. The standard InChI is InChI=1S/C25H34O8/c26-22-23-6-8-25(9-7-23)33-21-19-31-17-15-29-13-11-27-10-12-28-14-16-30-18-20-32-24-4-2-1-3-5-24/h1-9,22H,10-21H2. The second-order valence-corrected chi connectivity index (χ2v) is 6.76. The molecule has 0 saturated heterocycles. The predicted molar refractivity (Wildman–Crippen MR) is 123 cm³/mol. The van der Waals surface area contributed by atoms with Gasteiger partial charge in [0.05, 0.1) is 66.1 Å². The van der Waals surface area contributed by atoms with Gasteiger partial charge in [-0.3, -0.25) is 4.79 Å². The molecule has 0 unspecified atom stereocenters. The molecule has 8 nitrogen and oxygen atoms in total. The molecule has 0 aliphatic carbocycles. The summed E-state index contributed by atoms with van der Waals surface area (Å²) in [5.74, 6) is 1.55. The van der Waals surface area contributed by atoms with Crippen molar-refractivity contribution in [3.05, 3.63) is 60.2 Å². The van der Waals surface area contributed by atoms with Crippen molar-refractivity contribution in [1.82, 2.24) is 0 Å². The van der Waals surface area contributed by atoms with Crippen LogP contribution in [0.2, 0.25) is 0 Å². The van der Waals surface area contributed by atoms with E-state index in [9.17, 15) is 4.79 Å². The van der Waals surface area contributed by atoms with E-state index in [2.05, 4.69) is 0 Å². The van der Waals surface area contributed by atoms with E-state index in [0.717, 1.165) is 12.0 Å². The summed E-state index contributed by atoms with van der Waals surface area (Å²) in [6, 6.07) is 16.6. The molecule has 2 aromatic carbocycles. The summed E-state index contributed by atoms with van der Waals surface area (Å²) in [6.07, 6.45) is 0.800. The van der Waals surface area contributed by atoms with E-state index in [1.54, 1.807) is 24.3 Å². The van der Waals surface area contributed by atoms with Crippen molar-refractivity contribution < 1.29 is 38.0 Å². The van der Waals surface area contributed by atoms with Crippen LogP contribution in [0.25, 0.3) is 0 Å². The number of rotatable bonds is 21. The van der Waals surface area contributed by atoms with Crippen LogP contribution in [0.3, 0.4) is 0 Å². The highest BCUT2D eigenvalue weighted by molar-refractivity contribution is 5.74. The van der Waals surface area contributed by atoms with Crippen molar-refractivity contribution in [2.24, 2.45) is 0 Å². The van der Waals surface area contributed by atoms with Crippen LogP contribution < -0.4 is 9.47 Å². The van der Waals surface area contributed by atoms with Gasteiger partial charge in [-0.1, -0.05) is 18.2 Å². The van der Waals surface area contributed by atoms with Crippen LogP contribution in [0.15, 0.2) is 54.6 Å². The molecule has 0 N–H and O–H groups in total. The quantitative estimate of drug-likeness (QED) is 0.207. The minimum absolute atomic E-state index is 0.441. The van der Waals surface area contributed by atoms with Crippen LogP contribution in [0.5, 0.6) is 11.5 Å². The SMILES string of the molecule is O=Cc1ccc(OCCOCCOCCOCCOCCOCCOc2ccccc2)cc1. The lowest BCUT2D eigenvalue weighted by atomic mass is 10.2. The van der Waals surface area contributed by atoms with Gasteiger partial charge < -0.3 is 33.2 Å². The molecule has 2 rings (SSSR count). The third kappa shape index (κ3) is 14.3. The summed E-state index contributed by atoms with van der Waals surface area (Å²) in [6.45, 7) is 6.05. The molecule has 0 saturated carbocycles. The first-order valence-electron chi connectivity index (χ1n) is 11.1. The van der Waals surface area contributed by atoms with E-state index in [1.807, 2.05) is 30.3 Å². The summed E-state index contributed by atoms with van der Waals surface area (Å²) < 4.78 is 38.3. The maximum atomic E-state index is 10.6. The number of para-hydroxylation sites is 1. The Hall–Kier alpha value is -2.49. The monoisotopic (exact) mass is 462 g/mol. The smallest absolute Gasteiger partial charge is 0.150 e.